The predicted molar refractivity (Wildman–Crippen MR) is 109 cm³/mol. The van der Waals surface area contributed by atoms with Gasteiger partial charge in [-0.1, -0.05) is 12.1 Å². The van der Waals surface area contributed by atoms with Gasteiger partial charge in [0.2, 0.25) is 5.96 Å². The molecule has 0 radical (unpaired) electrons. The number of hydrogen-bond acceptors (Lipinski definition) is 7. The Morgan fingerprint density at radius 3 is 2.48 bits per heavy atom. The van der Waals surface area contributed by atoms with Crippen LogP contribution in [0.4, 0.5) is 0 Å². The van der Waals surface area contributed by atoms with E-state index in [0.29, 0.717) is 18.7 Å². The van der Waals surface area contributed by atoms with Crippen LogP contribution in [0.2, 0.25) is 0 Å². The molecule has 0 spiro atoms. The summed E-state index contributed by atoms with van der Waals surface area (Å²) in [5.41, 5.74) is 7.50. The number of amidine groups is 1. The van der Waals surface area contributed by atoms with Gasteiger partial charge in [-0.15, -0.1) is 0 Å². The molecule has 11 heteroatoms. The molecule has 31 heavy (non-hydrogen) atoms. The van der Waals surface area contributed by atoms with E-state index in [0.717, 1.165) is 11.1 Å². The van der Waals surface area contributed by atoms with Crippen molar-refractivity contribution in [3.05, 3.63) is 47.2 Å². The van der Waals surface area contributed by atoms with Gasteiger partial charge in [0.05, 0.1) is 0 Å². The number of hydrogen-bond donors (Lipinski definition) is 5. The van der Waals surface area contributed by atoms with Gasteiger partial charge in [0.25, 0.3) is 11.8 Å². The van der Waals surface area contributed by atoms with Crippen LogP contribution in [0.5, 0.6) is 0 Å². The topological polar surface area (TPSA) is 184 Å². The average Bonchev–Trinajstić information content (AvgIpc) is 3.12. The summed E-state index contributed by atoms with van der Waals surface area (Å²) < 4.78 is 0. The maximum absolute atomic E-state index is 12.3. The molecule has 2 amide bonds. The Hall–Kier alpha value is -4.02. The number of guanidine groups is 1. The molecular formula is C20H21N5O6. The number of fused-ring (bicyclic) bond motifs is 1. The van der Waals surface area contributed by atoms with Crippen LogP contribution in [-0.2, 0) is 20.8 Å². The Balaban J connectivity index is 1.56. The highest BCUT2D eigenvalue weighted by Crippen LogP contribution is 2.26. The average molecular weight is 427 g/mol. The summed E-state index contributed by atoms with van der Waals surface area (Å²) in [6, 6.07) is 5.31. The quantitative estimate of drug-likeness (QED) is 0.365. The minimum atomic E-state index is -1.30. The Bertz CT molecular complexity index is 1010. The van der Waals surface area contributed by atoms with E-state index in [1.54, 1.807) is 30.5 Å². The van der Waals surface area contributed by atoms with Gasteiger partial charge in [-0.25, -0.2) is 4.79 Å². The van der Waals surface area contributed by atoms with E-state index in [2.05, 4.69) is 20.6 Å². The Morgan fingerprint density at radius 1 is 1.13 bits per heavy atom. The van der Waals surface area contributed by atoms with E-state index >= 15 is 0 Å². The van der Waals surface area contributed by atoms with Gasteiger partial charge in [0.1, 0.15) is 17.8 Å². The number of carboxylic acids is 2. The minimum absolute atomic E-state index is 0.0691. The lowest BCUT2D eigenvalue weighted by atomic mass is 9.94. The van der Waals surface area contributed by atoms with E-state index < -0.39 is 29.8 Å². The molecule has 0 bridgehead atoms. The molecule has 162 valence electrons. The zero-order valence-corrected chi connectivity index (χ0v) is 16.4. The number of nitrogens with zero attached hydrogens (tertiary/aromatic N) is 2. The third kappa shape index (κ3) is 5.32. The number of aliphatic carboxylic acids is 2. The number of carbonyl (C=O) groups excluding carboxylic acids is 2. The highest BCUT2D eigenvalue weighted by atomic mass is 16.4. The van der Waals surface area contributed by atoms with E-state index in [-0.39, 0.29) is 30.3 Å². The second kappa shape index (κ2) is 9.20. The summed E-state index contributed by atoms with van der Waals surface area (Å²) in [7, 11) is 0. The van der Waals surface area contributed by atoms with Crippen molar-refractivity contribution in [3.63, 3.8) is 0 Å². The van der Waals surface area contributed by atoms with Crippen LogP contribution in [0.1, 0.15) is 35.2 Å². The molecule has 0 saturated heterocycles. The van der Waals surface area contributed by atoms with E-state index in [9.17, 15) is 19.2 Å². The third-order valence-corrected chi connectivity index (χ3v) is 4.93. The van der Waals surface area contributed by atoms with Crippen molar-refractivity contribution in [2.75, 3.05) is 0 Å². The standard InChI is InChI=1S/C20H21N5O6/c21-20-24-16-15(18(29)25-20)12(9-22-16)6-3-10-1-4-11(5-2-10)17(28)23-13(19(30)31)7-8-14(26)27/h1-2,4-5,9,13,15H,3,6-8H2,(H,23,28)(H,26,27)(H,30,31)(H3,21,22,24,25,29)/t13-,15?/m0/s1. The van der Waals surface area contributed by atoms with Crippen molar-refractivity contribution in [3.8, 4) is 0 Å². The predicted octanol–water partition coefficient (Wildman–Crippen LogP) is 0.0237. The Labute approximate surface area is 176 Å². The number of nitrogens with one attached hydrogen (secondary N) is 2. The van der Waals surface area contributed by atoms with E-state index in [4.69, 9.17) is 15.9 Å². The highest BCUT2D eigenvalue weighted by Gasteiger charge is 2.35. The molecule has 6 N–H and O–H groups in total. The summed E-state index contributed by atoms with van der Waals surface area (Å²) in [4.78, 5) is 54.0. The van der Waals surface area contributed by atoms with Gasteiger partial charge >= 0.3 is 11.9 Å². The summed E-state index contributed by atoms with van der Waals surface area (Å²) >= 11 is 0. The molecule has 0 aromatic heterocycles. The maximum Gasteiger partial charge on any atom is 0.326 e. The molecule has 1 aromatic rings. The van der Waals surface area contributed by atoms with Crippen molar-refractivity contribution in [1.29, 1.82) is 0 Å². The van der Waals surface area contributed by atoms with Crippen LogP contribution in [0.3, 0.4) is 0 Å². The first kappa shape index (κ1) is 21.7. The van der Waals surface area contributed by atoms with Crippen molar-refractivity contribution >= 4 is 35.5 Å². The van der Waals surface area contributed by atoms with Crippen LogP contribution in [0.15, 0.2) is 46.0 Å². The van der Waals surface area contributed by atoms with Crippen LogP contribution in [0.25, 0.3) is 0 Å². The molecule has 0 fully saturated rings. The summed E-state index contributed by atoms with van der Waals surface area (Å²) in [6.45, 7) is 0. The second-order valence-corrected chi connectivity index (χ2v) is 7.10. The van der Waals surface area contributed by atoms with Gasteiger partial charge in [0.15, 0.2) is 0 Å². The smallest absolute Gasteiger partial charge is 0.326 e. The first-order valence-electron chi connectivity index (χ1n) is 9.51. The van der Waals surface area contributed by atoms with Gasteiger partial charge in [-0.3, -0.25) is 14.4 Å². The van der Waals surface area contributed by atoms with Gasteiger partial charge in [-0.05, 0) is 42.5 Å². The lowest BCUT2D eigenvalue weighted by molar-refractivity contribution is -0.140. The number of carboxylic acid groups (broad SMARTS) is 2. The molecule has 2 aliphatic rings. The van der Waals surface area contributed by atoms with Crippen LogP contribution < -0.4 is 16.4 Å². The first-order valence-corrected chi connectivity index (χ1v) is 9.51. The fourth-order valence-electron chi connectivity index (χ4n) is 3.30. The Morgan fingerprint density at radius 2 is 1.84 bits per heavy atom. The zero-order chi connectivity index (χ0) is 22.5. The maximum atomic E-state index is 12.3. The largest absolute Gasteiger partial charge is 0.481 e. The van der Waals surface area contributed by atoms with E-state index in [1.165, 1.54) is 0 Å². The minimum Gasteiger partial charge on any atom is -0.481 e. The molecule has 1 unspecified atom stereocenters. The molecule has 11 nitrogen and oxygen atoms in total. The summed E-state index contributed by atoms with van der Waals surface area (Å²) in [5, 5.41) is 23.1. The lowest BCUT2D eigenvalue weighted by Gasteiger charge is -2.15. The number of rotatable bonds is 9. The molecule has 2 atom stereocenters. The van der Waals surface area contributed by atoms with Crippen LogP contribution >= 0.6 is 0 Å². The van der Waals surface area contributed by atoms with Crippen molar-refractivity contribution in [1.82, 2.24) is 10.6 Å². The molecular weight excluding hydrogens is 406 g/mol. The lowest BCUT2D eigenvalue weighted by Crippen LogP contribution is -2.41. The normalized spacial score (nSPS) is 18.1. The number of aryl methyl sites for hydroxylation is 1. The van der Waals surface area contributed by atoms with Gasteiger partial charge in [0, 0.05) is 18.2 Å². The number of nitrogens with two attached hydrogens (primary N) is 1. The number of benzene rings is 1. The number of amides is 2. The fourth-order valence-corrected chi connectivity index (χ4v) is 3.30. The second-order valence-electron chi connectivity index (χ2n) is 7.10. The van der Waals surface area contributed by atoms with Crippen molar-refractivity contribution in [2.24, 2.45) is 21.6 Å². The monoisotopic (exact) mass is 427 g/mol. The van der Waals surface area contributed by atoms with Crippen LogP contribution in [0, 0.1) is 5.92 Å². The molecule has 0 aliphatic carbocycles. The van der Waals surface area contributed by atoms with Crippen molar-refractivity contribution in [2.45, 2.75) is 31.7 Å². The van der Waals surface area contributed by atoms with Gasteiger partial charge in [-0.2, -0.15) is 9.98 Å². The fraction of sp³-hybridized carbons (Fsp3) is 0.300. The molecule has 0 saturated carbocycles. The SMILES string of the molecule is NC1=NC(=O)C2C(CCc3ccc(C(=O)N[C@@H](CCC(=O)O)C(=O)O)cc3)=CNC2=N1. The molecule has 3 rings (SSSR count). The molecule has 1 aromatic carbocycles. The van der Waals surface area contributed by atoms with Crippen LogP contribution in [-0.4, -0.2) is 51.8 Å². The summed E-state index contributed by atoms with van der Waals surface area (Å²) in [6.07, 6.45) is 2.31. The Kier molecular flexibility index (Phi) is 6.43. The third-order valence-electron chi connectivity index (χ3n) is 4.93. The number of carbonyl (C=O) groups is 4. The first-order chi connectivity index (χ1) is 14.7. The van der Waals surface area contributed by atoms with E-state index in [1.807, 2.05) is 0 Å². The van der Waals surface area contributed by atoms with Crippen molar-refractivity contribution < 1.29 is 29.4 Å². The molecule has 2 aliphatic heterocycles. The van der Waals surface area contributed by atoms with Gasteiger partial charge < -0.3 is 26.6 Å². The summed E-state index contributed by atoms with van der Waals surface area (Å²) in [5.74, 6) is -3.54. The molecule has 2 heterocycles. The number of aliphatic imine (C=N–C) groups is 2. The highest BCUT2D eigenvalue weighted by molar-refractivity contribution is 6.17. The zero-order valence-electron chi connectivity index (χ0n) is 16.4.